The van der Waals surface area contributed by atoms with Gasteiger partial charge in [-0.3, -0.25) is 0 Å². The summed E-state index contributed by atoms with van der Waals surface area (Å²) in [6.07, 6.45) is 7.54. The fourth-order valence-corrected chi connectivity index (χ4v) is 6.28. The van der Waals surface area contributed by atoms with Gasteiger partial charge in [-0.1, -0.05) is 24.3 Å². The SMILES string of the molecule is CC(C)(C)OC(=O)N[C@@H]1c2ccccc2CC12CCN(c1ccc(SCC3CC3)nc1)CC2. The Morgan fingerprint density at radius 2 is 1.94 bits per heavy atom. The van der Waals surface area contributed by atoms with Gasteiger partial charge in [0.25, 0.3) is 0 Å². The summed E-state index contributed by atoms with van der Waals surface area (Å²) in [5.74, 6) is 2.11. The maximum Gasteiger partial charge on any atom is 0.408 e. The van der Waals surface area contributed by atoms with Crippen LogP contribution in [0.3, 0.4) is 0 Å². The lowest BCUT2D eigenvalue weighted by atomic mass is 9.72. The molecule has 33 heavy (non-hydrogen) atoms. The molecule has 1 aromatic heterocycles. The van der Waals surface area contributed by atoms with Crippen molar-refractivity contribution >= 4 is 23.5 Å². The van der Waals surface area contributed by atoms with Crippen LogP contribution in [0.2, 0.25) is 0 Å². The molecular formula is C27H35N3O2S. The van der Waals surface area contributed by atoms with Gasteiger partial charge < -0.3 is 15.0 Å². The summed E-state index contributed by atoms with van der Waals surface area (Å²) in [5.41, 5.74) is 3.33. The van der Waals surface area contributed by atoms with Crippen LogP contribution in [0.25, 0.3) is 0 Å². The van der Waals surface area contributed by atoms with Crippen LogP contribution in [-0.4, -0.2) is 35.5 Å². The number of aromatic nitrogens is 1. The van der Waals surface area contributed by atoms with Crippen LogP contribution in [0, 0.1) is 11.3 Å². The van der Waals surface area contributed by atoms with Crippen molar-refractivity contribution in [2.24, 2.45) is 11.3 Å². The zero-order valence-electron chi connectivity index (χ0n) is 20.0. The molecule has 1 amide bonds. The quantitative estimate of drug-likeness (QED) is 0.550. The van der Waals surface area contributed by atoms with Gasteiger partial charge in [-0.15, -0.1) is 11.8 Å². The molecule has 1 atom stereocenters. The van der Waals surface area contributed by atoms with Gasteiger partial charge in [-0.2, -0.15) is 0 Å². The Balaban J connectivity index is 1.27. The molecule has 1 N–H and O–H groups in total. The second-order valence-electron chi connectivity index (χ2n) is 10.9. The molecule has 5 nitrogen and oxygen atoms in total. The molecule has 2 fully saturated rings. The van der Waals surface area contributed by atoms with Crippen molar-refractivity contribution in [1.29, 1.82) is 0 Å². The number of benzene rings is 1. The summed E-state index contributed by atoms with van der Waals surface area (Å²) in [6.45, 7) is 7.67. The first-order valence-corrected chi connectivity index (χ1v) is 13.2. The van der Waals surface area contributed by atoms with E-state index in [1.165, 1.54) is 35.4 Å². The number of pyridine rings is 1. The first-order chi connectivity index (χ1) is 15.8. The molecule has 2 aromatic rings. The van der Waals surface area contributed by atoms with E-state index in [0.717, 1.165) is 43.3 Å². The van der Waals surface area contributed by atoms with E-state index in [-0.39, 0.29) is 17.6 Å². The molecule has 2 aliphatic carbocycles. The molecule has 0 bridgehead atoms. The molecule has 6 heteroatoms. The predicted octanol–water partition coefficient (Wildman–Crippen LogP) is 5.99. The zero-order chi connectivity index (χ0) is 23.1. The monoisotopic (exact) mass is 465 g/mol. The highest BCUT2D eigenvalue weighted by atomic mass is 32.2. The molecule has 2 heterocycles. The summed E-state index contributed by atoms with van der Waals surface area (Å²) in [7, 11) is 0. The average molecular weight is 466 g/mol. The molecule has 5 rings (SSSR count). The Hall–Kier alpha value is -2.21. The number of ether oxygens (including phenoxy) is 1. The molecule has 176 valence electrons. The number of anilines is 1. The van der Waals surface area contributed by atoms with E-state index >= 15 is 0 Å². The van der Waals surface area contributed by atoms with Gasteiger partial charge >= 0.3 is 6.09 Å². The Labute approximate surface area is 201 Å². The van der Waals surface area contributed by atoms with Crippen molar-refractivity contribution in [3.63, 3.8) is 0 Å². The third-order valence-corrected chi connectivity index (χ3v) is 8.37. The topological polar surface area (TPSA) is 54.5 Å². The predicted molar refractivity (Wildman–Crippen MR) is 134 cm³/mol. The standard InChI is InChI=1S/C27H35N3O2S/c1-26(2,3)32-25(31)29-24-22-7-5-4-6-20(22)16-27(24)12-14-30(15-13-27)21-10-11-23(28-17-21)33-18-19-8-9-19/h4-7,10-11,17,19,24H,8-9,12-16,18H2,1-3H3,(H,29,31)/t24-/m1/s1. The lowest BCUT2D eigenvalue weighted by Gasteiger charge is -2.44. The van der Waals surface area contributed by atoms with Crippen LogP contribution < -0.4 is 10.2 Å². The molecule has 1 spiro atoms. The third kappa shape index (κ3) is 5.16. The lowest BCUT2D eigenvalue weighted by molar-refractivity contribution is 0.0428. The van der Waals surface area contributed by atoms with Gasteiger partial charge in [0, 0.05) is 24.3 Å². The Morgan fingerprint density at radius 1 is 1.18 bits per heavy atom. The number of carbonyl (C=O) groups is 1. The van der Waals surface area contributed by atoms with E-state index in [9.17, 15) is 4.79 Å². The van der Waals surface area contributed by atoms with E-state index in [4.69, 9.17) is 9.72 Å². The van der Waals surface area contributed by atoms with E-state index in [1.807, 2.05) is 38.7 Å². The number of rotatable bonds is 5. The maximum absolute atomic E-state index is 12.7. The number of alkyl carbamates (subject to hydrolysis) is 1. The highest BCUT2D eigenvalue weighted by Crippen LogP contribution is 2.52. The first kappa shape index (κ1) is 22.6. The number of amides is 1. The number of nitrogens with zero attached hydrogens (tertiary/aromatic N) is 2. The number of hydrogen-bond donors (Lipinski definition) is 1. The van der Waals surface area contributed by atoms with E-state index in [2.05, 4.69) is 46.6 Å². The minimum atomic E-state index is -0.505. The molecule has 1 saturated heterocycles. The lowest BCUT2D eigenvalue weighted by Crippen LogP contribution is -2.47. The van der Waals surface area contributed by atoms with Crippen LogP contribution in [-0.2, 0) is 11.2 Å². The second kappa shape index (κ2) is 8.86. The fourth-order valence-electron chi connectivity index (χ4n) is 5.25. The minimum absolute atomic E-state index is 0.00924. The third-order valence-electron chi connectivity index (χ3n) is 7.19. The second-order valence-corrected chi connectivity index (χ2v) is 12.0. The minimum Gasteiger partial charge on any atom is -0.444 e. The van der Waals surface area contributed by atoms with Crippen molar-refractivity contribution < 1.29 is 9.53 Å². The normalized spacial score (nSPS) is 21.7. The van der Waals surface area contributed by atoms with Crippen molar-refractivity contribution in [3.8, 4) is 0 Å². The van der Waals surface area contributed by atoms with E-state index in [0.29, 0.717) is 0 Å². The summed E-state index contributed by atoms with van der Waals surface area (Å²) < 4.78 is 5.62. The van der Waals surface area contributed by atoms with Crippen LogP contribution in [0.4, 0.5) is 10.5 Å². The number of fused-ring (bicyclic) bond motifs is 1. The molecule has 0 radical (unpaired) electrons. The van der Waals surface area contributed by atoms with E-state index < -0.39 is 5.60 Å². The molecule has 3 aliphatic rings. The molecular weight excluding hydrogens is 430 g/mol. The van der Waals surface area contributed by atoms with Crippen molar-refractivity contribution in [2.45, 2.75) is 69.5 Å². The van der Waals surface area contributed by atoms with Gasteiger partial charge in [-0.05, 0) is 82.1 Å². The summed E-state index contributed by atoms with van der Waals surface area (Å²) >= 11 is 1.88. The smallest absolute Gasteiger partial charge is 0.408 e. The highest BCUT2D eigenvalue weighted by Gasteiger charge is 2.48. The molecule has 1 aliphatic heterocycles. The van der Waals surface area contributed by atoms with Gasteiger partial charge in [0.1, 0.15) is 5.60 Å². The summed E-state index contributed by atoms with van der Waals surface area (Å²) in [4.78, 5) is 19.9. The number of thioether (sulfide) groups is 1. The Bertz CT molecular complexity index is 989. The van der Waals surface area contributed by atoms with Crippen LogP contribution in [0.1, 0.15) is 63.6 Å². The molecule has 1 saturated carbocycles. The summed E-state index contributed by atoms with van der Waals surface area (Å²) in [5, 5.41) is 4.38. The zero-order valence-corrected chi connectivity index (χ0v) is 20.8. The fraction of sp³-hybridized carbons (Fsp3) is 0.556. The Kier molecular flexibility index (Phi) is 6.06. The number of hydrogen-bond acceptors (Lipinski definition) is 5. The van der Waals surface area contributed by atoms with Crippen LogP contribution >= 0.6 is 11.8 Å². The van der Waals surface area contributed by atoms with Crippen molar-refractivity contribution in [2.75, 3.05) is 23.7 Å². The number of nitrogens with one attached hydrogen (secondary N) is 1. The number of piperidine rings is 1. The highest BCUT2D eigenvalue weighted by molar-refractivity contribution is 7.99. The maximum atomic E-state index is 12.7. The Morgan fingerprint density at radius 3 is 2.61 bits per heavy atom. The molecule has 1 aromatic carbocycles. The largest absolute Gasteiger partial charge is 0.444 e. The van der Waals surface area contributed by atoms with Gasteiger partial charge in [0.15, 0.2) is 0 Å². The van der Waals surface area contributed by atoms with Crippen LogP contribution in [0.5, 0.6) is 0 Å². The van der Waals surface area contributed by atoms with E-state index in [1.54, 1.807) is 0 Å². The van der Waals surface area contributed by atoms with Crippen molar-refractivity contribution in [1.82, 2.24) is 10.3 Å². The number of carbonyl (C=O) groups excluding carboxylic acids is 1. The van der Waals surface area contributed by atoms with Crippen LogP contribution in [0.15, 0.2) is 47.6 Å². The average Bonchev–Trinajstić information content (AvgIpc) is 3.56. The van der Waals surface area contributed by atoms with Gasteiger partial charge in [0.2, 0.25) is 0 Å². The van der Waals surface area contributed by atoms with Gasteiger partial charge in [-0.25, -0.2) is 9.78 Å². The van der Waals surface area contributed by atoms with Crippen molar-refractivity contribution in [3.05, 3.63) is 53.7 Å². The first-order valence-electron chi connectivity index (χ1n) is 12.2. The summed E-state index contributed by atoms with van der Waals surface area (Å²) in [6, 6.07) is 12.9. The molecule has 0 unspecified atom stereocenters. The van der Waals surface area contributed by atoms with Gasteiger partial charge in [0.05, 0.1) is 23.0 Å².